The molecule has 4 fully saturated rings. The summed E-state index contributed by atoms with van der Waals surface area (Å²) in [5.74, 6) is 3.71. The van der Waals surface area contributed by atoms with Crippen LogP contribution in [0.25, 0.3) is 0 Å². The van der Waals surface area contributed by atoms with E-state index in [0.717, 1.165) is 61.3 Å². The van der Waals surface area contributed by atoms with E-state index in [1.807, 2.05) is 36.4 Å². The predicted octanol–water partition coefficient (Wildman–Crippen LogP) is 1.35. The molecule has 0 radical (unpaired) electrons. The number of carbonyl (C=O) groups excluding carboxylic acids is 1. The van der Waals surface area contributed by atoms with Crippen LogP contribution < -0.4 is 31.0 Å². The van der Waals surface area contributed by atoms with Gasteiger partial charge in [0.2, 0.25) is 0 Å². The standard InChI is InChI=1S/C25H30NO3.BrH/c1-28-22-5-6-23(21(14-22)7-10-26-8-3-2-4-9-26)29-24(27)25-15-18-11-19(16-25)13-20(12-18)17-25;/h2-6,8-9,14,18-20H,7,10-13,15-17H2,1H3;1H/q+1;/p-1. The molecule has 4 saturated carbocycles. The number of aryl methyl sites for hydroxylation is 2. The summed E-state index contributed by atoms with van der Waals surface area (Å²) in [6.45, 7) is 0.829. The molecule has 1 aromatic heterocycles. The quantitative estimate of drug-likeness (QED) is 0.362. The molecule has 0 aliphatic heterocycles. The molecule has 0 atom stereocenters. The summed E-state index contributed by atoms with van der Waals surface area (Å²) in [5.41, 5.74) is 0.791. The number of esters is 1. The number of ether oxygens (including phenoxy) is 2. The Balaban J connectivity index is 0.00000218. The Labute approximate surface area is 189 Å². The number of halogens is 1. The summed E-state index contributed by atoms with van der Waals surface area (Å²) >= 11 is 0. The Kier molecular flexibility index (Phi) is 6.19. The van der Waals surface area contributed by atoms with Gasteiger partial charge in [0.05, 0.1) is 12.5 Å². The van der Waals surface area contributed by atoms with Crippen LogP contribution in [0.3, 0.4) is 0 Å². The Morgan fingerprint density at radius 2 is 1.67 bits per heavy atom. The maximum atomic E-state index is 13.4. The van der Waals surface area contributed by atoms with Gasteiger partial charge < -0.3 is 26.5 Å². The van der Waals surface area contributed by atoms with E-state index < -0.39 is 0 Å². The van der Waals surface area contributed by atoms with E-state index in [9.17, 15) is 4.79 Å². The Hall–Kier alpha value is -1.88. The van der Waals surface area contributed by atoms with E-state index in [4.69, 9.17) is 9.47 Å². The molecule has 0 N–H and O–H groups in total. The van der Waals surface area contributed by atoms with E-state index in [1.165, 1.54) is 19.3 Å². The van der Waals surface area contributed by atoms with Gasteiger partial charge in [0, 0.05) is 24.1 Å². The third kappa shape index (κ3) is 4.14. The number of aromatic nitrogens is 1. The van der Waals surface area contributed by atoms with Gasteiger partial charge in [0.15, 0.2) is 18.9 Å². The molecule has 2 aromatic rings. The number of hydrogen-bond donors (Lipinski definition) is 0. The van der Waals surface area contributed by atoms with Crippen LogP contribution in [-0.4, -0.2) is 13.1 Å². The van der Waals surface area contributed by atoms with Gasteiger partial charge in [-0.2, -0.15) is 0 Å². The van der Waals surface area contributed by atoms with Crippen LogP contribution in [0.1, 0.15) is 44.1 Å². The van der Waals surface area contributed by atoms with Gasteiger partial charge in [-0.05, 0) is 74.5 Å². The maximum absolute atomic E-state index is 13.4. The number of pyridine rings is 1. The highest BCUT2D eigenvalue weighted by molar-refractivity contribution is 5.80. The van der Waals surface area contributed by atoms with E-state index in [0.29, 0.717) is 5.75 Å². The van der Waals surface area contributed by atoms with E-state index in [2.05, 4.69) is 17.0 Å². The van der Waals surface area contributed by atoms with Crippen molar-refractivity contribution >= 4 is 5.97 Å². The molecule has 1 aromatic carbocycles. The monoisotopic (exact) mass is 471 g/mol. The van der Waals surface area contributed by atoms with Crippen LogP contribution in [0.5, 0.6) is 11.5 Å². The van der Waals surface area contributed by atoms with Gasteiger partial charge in [-0.25, -0.2) is 4.57 Å². The predicted molar refractivity (Wildman–Crippen MR) is 110 cm³/mol. The fourth-order valence-electron chi connectivity index (χ4n) is 6.38. The number of benzene rings is 1. The highest BCUT2D eigenvalue weighted by Gasteiger charge is 2.55. The molecule has 0 amide bonds. The zero-order valence-corrected chi connectivity index (χ0v) is 19.1. The second-order valence-corrected chi connectivity index (χ2v) is 9.42. The Morgan fingerprint density at radius 3 is 2.27 bits per heavy atom. The minimum atomic E-state index is -0.236. The molecular weight excluding hydrogens is 442 g/mol. The van der Waals surface area contributed by atoms with Crippen molar-refractivity contribution in [3.8, 4) is 11.5 Å². The third-order valence-corrected chi connectivity index (χ3v) is 7.36. The SMILES string of the molecule is COc1ccc(OC(=O)C23CC4CC(CC(C4)C2)C3)c(CC[n+]2ccccc2)c1.[Br-]. The first kappa shape index (κ1) is 21.4. The summed E-state index contributed by atoms with van der Waals surface area (Å²) < 4.78 is 13.7. The molecule has 160 valence electrons. The van der Waals surface area contributed by atoms with Crippen molar-refractivity contribution in [3.63, 3.8) is 0 Å². The second kappa shape index (κ2) is 8.70. The van der Waals surface area contributed by atoms with Crippen LogP contribution >= 0.6 is 0 Å². The first-order valence-corrected chi connectivity index (χ1v) is 11.0. The molecule has 6 rings (SSSR count). The van der Waals surface area contributed by atoms with Crippen LogP contribution in [0.15, 0.2) is 48.8 Å². The Bertz CT molecular complexity index is 863. The number of carbonyl (C=O) groups is 1. The highest BCUT2D eigenvalue weighted by Crippen LogP contribution is 2.60. The molecule has 0 unspecified atom stereocenters. The first-order chi connectivity index (χ1) is 14.1. The lowest BCUT2D eigenvalue weighted by Gasteiger charge is -2.55. The molecule has 0 saturated heterocycles. The molecule has 5 heteroatoms. The lowest BCUT2D eigenvalue weighted by Crippen LogP contribution is -3.00. The average molecular weight is 472 g/mol. The third-order valence-electron chi connectivity index (χ3n) is 7.36. The normalized spacial score (nSPS) is 28.6. The number of methoxy groups -OCH3 is 1. The summed E-state index contributed by atoms with van der Waals surface area (Å²) in [5, 5.41) is 0. The van der Waals surface area contributed by atoms with Gasteiger partial charge in [0.25, 0.3) is 0 Å². The van der Waals surface area contributed by atoms with Crippen molar-refractivity contribution in [2.24, 2.45) is 23.2 Å². The topological polar surface area (TPSA) is 39.4 Å². The molecule has 0 spiro atoms. The van der Waals surface area contributed by atoms with Crippen molar-refractivity contribution in [2.45, 2.75) is 51.5 Å². The van der Waals surface area contributed by atoms with Crippen molar-refractivity contribution < 1.29 is 35.8 Å². The van der Waals surface area contributed by atoms with Crippen molar-refractivity contribution in [1.82, 2.24) is 0 Å². The Morgan fingerprint density at radius 1 is 1.03 bits per heavy atom. The minimum absolute atomic E-state index is 0. The first-order valence-electron chi connectivity index (χ1n) is 11.0. The average Bonchev–Trinajstić information content (AvgIpc) is 2.72. The molecule has 4 bridgehead atoms. The highest BCUT2D eigenvalue weighted by atomic mass is 79.9. The van der Waals surface area contributed by atoms with Crippen LogP contribution in [-0.2, 0) is 17.8 Å². The molecule has 1 heterocycles. The lowest BCUT2D eigenvalue weighted by atomic mass is 9.49. The van der Waals surface area contributed by atoms with Crippen LogP contribution in [0, 0.1) is 23.2 Å². The molecule has 30 heavy (non-hydrogen) atoms. The zero-order chi connectivity index (χ0) is 19.8. The van der Waals surface area contributed by atoms with Crippen LogP contribution in [0.4, 0.5) is 0 Å². The second-order valence-electron chi connectivity index (χ2n) is 9.42. The van der Waals surface area contributed by atoms with Gasteiger partial charge in [-0.15, -0.1) is 0 Å². The molecular formula is C25H30BrNO3. The van der Waals surface area contributed by atoms with Crippen molar-refractivity contribution in [1.29, 1.82) is 0 Å². The number of nitrogens with zero attached hydrogens (tertiary/aromatic N) is 1. The molecule has 4 nitrogen and oxygen atoms in total. The van der Waals surface area contributed by atoms with Gasteiger partial charge in [-0.1, -0.05) is 6.07 Å². The minimum Gasteiger partial charge on any atom is -1.00 e. The van der Waals surface area contributed by atoms with Crippen molar-refractivity contribution in [2.75, 3.05) is 7.11 Å². The van der Waals surface area contributed by atoms with E-state index in [1.54, 1.807) is 7.11 Å². The van der Waals surface area contributed by atoms with Gasteiger partial charge in [-0.3, -0.25) is 4.79 Å². The zero-order valence-electron chi connectivity index (χ0n) is 17.6. The largest absolute Gasteiger partial charge is 1.00 e. The summed E-state index contributed by atoms with van der Waals surface area (Å²) in [6.07, 6.45) is 12.0. The van der Waals surface area contributed by atoms with Gasteiger partial charge >= 0.3 is 5.97 Å². The smallest absolute Gasteiger partial charge is 0.317 e. The lowest BCUT2D eigenvalue weighted by molar-refractivity contribution is -0.696. The van der Waals surface area contributed by atoms with E-state index >= 15 is 0 Å². The van der Waals surface area contributed by atoms with Crippen LogP contribution in [0.2, 0.25) is 0 Å². The van der Waals surface area contributed by atoms with E-state index in [-0.39, 0.29) is 28.4 Å². The van der Waals surface area contributed by atoms with Gasteiger partial charge in [0.1, 0.15) is 11.5 Å². The fraction of sp³-hybridized carbons (Fsp3) is 0.520. The maximum Gasteiger partial charge on any atom is 0.317 e. The van der Waals surface area contributed by atoms with Crippen molar-refractivity contribution in [3.05, 3.63) is 54.4 Å². The fourth-order valence-corrected chi connectivity index (χ4v) is 6.38. The number of rotatable bonds is 6. The molecule has 4 aliphatic carbocycles. The number of hydrogen-bond acceptors (Lipinski definition) is 3. The summed E-state index contributed by atoms with van der Waals surface area (Å²) in [6, 6.07) is 11.9. The summed E-state index contributed by atoms with van der Waals surface area (Å²) in [4.78, 5) is 13.4. The summed E-state index contributed by atoms with van der Waals surface area (Å²) in [7, 11) is 1.67. The molecule has 4 aliphatic rings.